The third kappa shape index (κ3) is 2.71. The van der Waals surface area contributed by atoms with Crippen molar-refractivity contribution in [2.24, 2.45) is 14.1 Å². The second-order valence-electron chi connectivity index (χ2n) is 6.08. The molecule has 0 saturated carbocycles. The van der Waals surface area contributed by atoms with Crippen molar-refractivity contribution in [2.45, 2.75) is 6.92 Å². The average molecular weight is 347 g/mol. The van der Waals surface area contributed by atoms with Gasteiger partial charge in [0.1, 0.15) is 17.3 Å². The molecule has 4 aromatic heterocycles. The molecular weight excluding hydrogens is 330 g/mol. The Bertz CT molecular complexity index is 1130. The van der Waals surface area contributed by atoms with Gasteiger partial charge in [-0.15, -0.1) is 0 Å². The quantitative estimate of drug-likeness (QED) is 0.614. The van der Waals surface area contributed by atoms with Gasteiger partial charge in [-0.1, -0.05) is 0 Å². The molecule has 0 fully saturated rings. The third-order valence-corrected chi connectivity index (χ3v) is 4.37. The molecule has 1 amide bonds. The zero-order valence-corrected chi connectivity index (χ0v) is 14.6. The number of carbonyl (C=O) groups excluding carboxylic acids is 1. The summed E-state index contributed by atoms with van der Waals surface area (Å²) in [7, 11) is 3.73. The standard InChI is InChI=1S/C18H17N7O/c1-11-20-9-16(25(11)3)18(26)23-17-5-12-4-13(6-21-14(12)7-22-17)15-8-19-10-24(15)2/h4-10H,1-3H3,(H,22,23,26). The van der Waals surface area contributed by atoms with Crippen molar-refractivity contribution >= 4 is 22.6 Å². The van der Waals surface area contributed by atoms with Crippen LogP contribution >= 0.6 is 0 Å². The minimum Gasteiger partial charge on any atom is -0.334 e. The van der Waals surface area contributed by atoms with E-state index in [4.69, 9.17) is 0 Å². The summed E-state index contributed by atoms with van der Waals surface area (Å²) in [6, 6.07) is 3.81. The van der Waals surface area contributed by atoms with E-state index in [1.165, 1.54) is 0 Å². The van der Waals surface area contributed by atoms with E-state index < -0.39 is 0 Å². The van der Waals surface area contributed by atoms with Crippen LogP contribution in [0.15, 0.2) is 43.2 Å². The highest BCUT2D eigenvalue weighted by molar-refractivity contribution is 6.03. The summed E-state index contributed by atoms with van der Waals surface area (Å²) >= 11 is 0. The largest absolute Gasteiger partial charge is 0.334 e. The summed E-state index contributed by atoms with van der Waals surface area (Å²) in [6.07, 6.45) is 8.52. The Kier molecular flexibility index (Phi) is 3.72. The van der Waals surface area contributed by atoms with Crippen molar-refractivity contribution in [1.29, 1.82) is 0 Å². The lowest BCUT2D eigenvalue weighted by molar-refractivity contribution is 0.101. The molecule has 1 N–H and O–H groups in total. The molecule has 0 aliphatic heterocycles. The van der Waals surface area contributed by atoms with Crippen LogP contribution < -0.4 is 5.32 Å². The van der Waals surface area contributed by atoms with Gasteiger partial charge < -0.3 is 14.5 Å². The van der Waals surface area contributed by atoms with Crippen LogP contribution in [0.25, 0.3) is 22.2 Å². The molecule has 4 heterocycles. The molecule has 0 aromatic carbocycles. The first-order valence-corrected chi connectivity index (χ1v) is 8.05. The molecule has 0 radical (unpaired) electrons. The summed E-state index contributed by atoms with van der Waals surface area (Å²) in [4.78, 5) is 29.4. The van der Waals surface area contributed by atoms with Gasteiger partial charge in [0.25, 0.3) is 5.91 Å². The molecule has 0 spiro atoms. The van der Waals surface area contributed by atoms with Crippen LogP contribution in [-0.2, 0) is 14.1 Å². The first kappa shape index (κ1) is 15.9. The molecule has 26 heavy (non-hydrogen) atoms. The number of hydrogen-bond acceptors (Lipinski definition) is 5. The third-order valence-electron chi connectivity index (χ3n) is 4.37. The highest BCUT2D eigenvalue weighted by Crippen LogP contribution is 2.23. The van der Waals surface area contributed by atoms with E-state index in [1.807, 2.05) is 30.7 Å². The number of imidazole rings is 2. The van der Waals surface area contributed by atoms with Crippen molar-refractivity contribution in [3.05, 3.63) is 54.8 Å². The van der Waals surface area contributed by atoms with Crippen LogP contribution in [0.3, 0.4) is 0 Å². The van der Waals surface area contributed by atoms with Gasteiger partial charge in [-0.05, 0) is 19.1 Å². The molecule has 0 aliphatic rings. The zero-order valence-electron chi connectivity index (χ0n) is 14.6. The second-order valence-corrected chi connectivity index (χ2v) is 6.08. The number of aryl methyl sites for hydroxylation is 2. The maximum atomic E-state index is 12.4. The van der Waals surface area contributed by atoms with Gasteiger partial charge in [-0.25, -0.2) is 15.0 Å². The monoisotopic (exact) mass is 347 g/mol. The summed E-state index contributed by atoms with van der Waals surface area (Å²) in [6.45, 7) is 1.84. The van der Waals surface area contributed by atoms with Crippen LogP contribution in [0.4, 0.5) is 5.82 Å². The molecular formula is C18H17N7O. The van der Waals surface area contributed by atoms with Gasteiger partial charge in [0, 0.05) is 31.2 Å². The van der Waals surface area contributed by atoms with Crippen LogP contribution in [0.2, 0.25) is 0 Å². The number of carbonyl (C=O) groups is 1. The molecule has 0 unspecified atom stereocenters. The van der Waals surface area contributed by atoms with E-state index >= 15 is 0 Å². The highest BCUT2D eigenvalue weighted by atomic mass is 16.2. The van der Waals surface area contributed by atoms with Gasteiger partial charge in [0.05, 0.1) is 36.1 Å². The highest BCUT2D eigenvalue weighted by Gasteiger charge is 2.13. The first-order chi connectivity index (χ1) is 12.5. The minimum atomic E-state index is -0.254. The number of hydrogen-bond donors (Lipinski definition) is 1. The predicted molar refractivity (Wildman–Crippen MR) is 97.6 cm³/mol. The lowest BCUT2D eigenvalue weighted by Gasteiger charge is -2.08. The van der Waals surface area contributed by atoms with Crippen LogP contribution in [-0.4, -0.2) is 35.0 Å². The Morgan fingerprint density at radius 3 is 2.58 bits per heavy atom. The lowest BCUT2D eigenvalue weighted by Crippen LogP contribution is -2.16. The molecule has 8 heteroatoms. The molecule has 0 saturated heterocycles. The Morgan fingerprint density at radius 1 is 1.04 bits per heavy atom. The lowest BCUT2D eigenvalue weighted by atomic mass is 10.1. The number of rotatable bonds is 3. The number of fused-ring (bicyclic) bond motifs is 1. The number of nitrogens with one attached hydrogen (secondary N) is 1. The number of amides is 1. The van der Waals surface area contributed by atoms with Gasteiger partial charge in [0.2, 0.25) is 0 Å². The maximum Gasteiger partial charge on any atom is 0.275 e. The van der Waals surface area contributed by atoms with Crippen LogP contribution in [0.5, 0.6) is 0 Å². The summed E-state index contributed by atoms with van der Waals surface area (Å²) in [5.74, 6) is 0.979. The molecule has 130 valence electrons. The molecule has 8 nitrogen and oxygen atoms in total. The van der Waals surface area contributed by atoms with E-state index in [0.717, 1.165) is 28.0 Å². The molecule has 4 rings (SSSR count). The minimum absolute atomic E-state index is 0.254. The van der Waals surface area contributed by atoms with Crippen LogP contribution in [0.1, 0.15) is 16.3 Å². The van der Waals surface area contributed by atoms with Gasteiger partial charge in [0.15, 0.2) is 0 Å². The Balaban J connectivity index is 1.67. The summed E-state index contributed by atoms with van der Waals surface area (Å²) < 4.78 is 3.66. The van der Waals surface area contributed by atoms with E-state index in [9.17, 15) is 4.79 Å². The van der Waals surface area contributed by atoms with Gasteiger partial charge in [-0.2, -0.15) is 0 Å². The number of aromatic nitrogens is 6. The molecule has 0 bridgehead atoms. The zero-order chi connectivity index (χ0) is 18.3. The number of pyridine rings is 2. The van der Waals surface area contributed by atoms with Crippen molar-refractivity contribution in [2.75, 3.05) is 5.32 Å². The predicted octanol–water partition coefficient (Wildman–Crippen LogP) is 2.32. The molecule has 4 aromatic rings. The van der Waals surface area contributed by atoms with Crippen molar-refractivity contribution in [3.8, 4) is 11.3 Å². The van der Waals surface area contributed by atoms with Crippen molar-refractivity contribution in [1.82, 2.24) is 29.1 Å². The van der Waals surface area contributed by atoms with E-state index in [0.29, 0.717) is 11.5 Å². The summed E-state index contributed by atoms with van der Waals surface area (Å²) in [5, 5.41) is 3.70. The number of anilines is 1. The fraction of sp³-hybridized carbons (Fsp3) is 0.167. The van der Waals surface area contributed by atoms with Crippen molar-refractivity contribution < 1.29 is 4.79 Å². The topological polar surface area (TPSA) is 90.5 Å². The normalized spacial score (nSPS) is 11.0. The van der Waals surface area contributed by atoms with Crippen molar-refractivity contribution in [3.63, 3.8) is 0 Å². The molecule has 0 atom stereocenters. The Morgan fingerprint density at radius 2 is 1.88 bits per heavy atom. The summed E-state index contributed by atoms with van der Waals surface area (Å²) in [5.41, 5.74) is 3.15. The van der Waals surface area contributed by atoms with E-state index in [1.54, 1.807) is 42.7 Å². The SMILES string of the molecule is Cc1ncc(C(=O)Nc2cc3cc(-c4cncn4C)cnc3cn2)n1C. The maximum absolute atomic E-state index is 12.4. The van der Waals surface area contributed by atoms with Gasteiger partial charge >= 0.3 is 0 Å². The Labute approximate surface area is 149 Å². The van der Waals surface area contributed by atoms with Gasteiger partial charge in [-0.3, -0.25) is 9.78 Å². The molecule has 0 aliphatic carbocycles. The number of nitrogens with zero attached hydrogens (tertiary/aromatic N) is 6. The first-order valence-electron chi connectivity index (χ1n) is 8.05. The average Bonchev–Trinajstić information content (AvgIpc) is 3.20. The van der Waals surface area contributed by atoms with E-state index in [-0.39, 0.29) is 5.91 Å². The second kappa shape index (κ2) is 6.07. The van der Waals surface area contributed by atoms with E-state index in [2.05, 4.69) is 25.3 Å². The Hall–Kier alpha value is -3.55. The fourth-order valence-corrected chi connectivity index (χ4v) is 2.77. The smallest absolute Gasteiger partial charge is 0.275 e. The van der Waals surface area contributed by atoms with Crippen LogP contribution in [0, 0.1) is 6.92 Å². The fourth-order valence-electron chi connectivity index (χ4n) is 2.77.